The largest absolute Gasteiger partial charge is 0.464 e. The molecule has 2 rings (SSSR count). The summed E-state index contributed by atoms with van der Waals surface area (Å²) in [5.41, 5.74) is 5.37. The van der Waals surface area contributed by atoms with E-state index in [4.69, 9.17) is 10.2 Å². The molecule has 5 nitrogen and oxygen atoms in total. The average molecular weight is 251 g/mol. The van der Waals surface area contributed by atoms with Crippen LogP contribution in [0.3, 0.4) is 0 Å². The van der Waals surface area contributed by atoms with Gasteiger partial charge in [0.15, 0.2) is 0 Å². The zero-order valence-electron chi connectivity index (χ0n) is 11.2. The first-order valence-corrected chi connectivity index (χ1v) is 6.28. The highest BCUT2D eigenvalue weighted by Gasteiger charge is 2.39. The van der Waals surface area contributed by atoms with Crippen molar-refractivity contribution in [2.75, 3.05) is 13.1 Å². The molecule has 0 radical (unpaired) electrons. The van der Waals surface area contributed by atoms with Crippen LogP contribution in [-0.4, -0.2) is 29.6 Å². The van der Waals surface area contributed by atoms with Gasteiger partial charge in [-0.3, -0.25) is 0 Å². The van der Waals surface area contributed by atoms with E-state index in [0.29, 0.717) is 13.1 Å². The zero-order chi connectivity index (χ0) is 13.3. The summed E-state index contributed by atoms with van der Waals surface area (Å²) in [5.74, 6) is 1.67. The van der Waals surface area contributed by atoms with Gasteiger partial charge in [0.25, 0.3) is 0 Å². The second kappa shape index (κ2) is 4.65. The van der Waals surface area contributed by atoms with Crippen molar-refractivity contribution in [1.29, 1.82) is 0 Å². The van der Waals surface area contributed by atoms with Crippen LogP contribution in [0.5, 0.6) is 0 Å². The molecule has 0 spiro atoms. The smallest absolute Gasteiger partial charge is 0.318 e. The van der Waals surface area contributed by atoms with E-state index in [-0.39, 0.29) is 17.6 Å². The van der Waals surface area contributed by atoms with Gasteiger partial charge in [0.05, 0.1) is 6.54 Å². The predicted molar refractivity (Wildman–Crippen MR) is 69.2 cm³/mol. The van der Waals surface area contributed by atoms with Crippen molar-refractivity contribution in [2.24, 2.45) is 5.73 Å². The number of hydrogen-bond acceptors (Lipinski definition) is 3. The van der Waals surface area contributed by atoms with Gasteiger partial charge >= 0.3 is 6.03 Å². The molecule has 18 heavy (non-hydrogen) atoms. The molecule has 0 bridgehead atoms. The first-order valence-electron chi connectivity index (χ1n) is 6.28. The summed E-state index contributed by atoms with van der Waals surface area (Å²) in [5, 5.41) is 2.95. The number of nitrogens with zero attached hydrogens (tertiary/aromatic N) is 1. The number of carbonyl (C=O) groups excluding carboxylic acids is 1. The summed E-state index contributed by atoms with van der Waals surface area (Å²) in [6, 6.07) is 3.71. The van der Waals surface area contributed by atoms with E-state index in [0.717, 1.165) is 17.9 Å². The number of furan rings is 1. The Kier molecular flexibility index (Phi) is 3.34. The molecule has 1 aliphatic heterocycles. The monoisotopic (exact) mass is 251 g/mol. The average Bonchev–Trinajstić information content (AvgIpc) is 2.84. The number of aryl methyl sites for hydroxylation is 1. The predicted octanol–water partition coefficient (Wildman–Crippen LogP) is 1.78. The second-order valence-electron chi connectivity index (χ2n) is 5.41. The zero-order valence-corrected chi connectivity index (χ0v) is 11.2. The molecule has 1 atom stereocenters. The minimum absolute atomic E-state index is 0.0486. The van der Waals surface area contributed by atoms with Crippen molar-refractivity contribution in [3.05, 3.63) is 23.7 Å². The van der Waals surface area contributed by atoms with Crippen LogP contribution in [0.25, 0.3) is 0 Å². The Morgan fingerprint density at radius 2 is 2.28 bits per heavy atom. The summed E-state index contributed by atoms with van der Waals surface area (Å²) in [4.78, 5) is 13.9. The van der Waals surface area contributed by atoms with Crippen LogP contribution < -0.4 is 11.1 Å². The first kappa shape index (κ1) is 13.0. The summed E-state index contributed by atoms with van der Waals surface area (Å²) in [6.45, 7) is 7.17. The standard InChI is InChI=1S/C13H21N3O2/c1-9-4-5-11(18-9)10-8-16(12(17)15-10)13(2,3)6-7-14/h4-5,10H,6-8,14H2,1-3H3,(H,15,17). The third-order valence-electron chi connectivity index (χ3n) is 3.50. The normalized spacial score (nSPS) is 20.3. The molecule has 1 aromatic heterocycles. The van der Waals surface area contributed by atoms with Gasteiger partial charge < -0.3 is 20.4 Å². The molecule has 0 saturated carbocycles. The lowest BCUT2D eigenvalue weighted by atomic mass is 9.98. The molecule has 0 aliphatic carbocycles. The summed E-state index contributed by atoms with van der Waals surface area (Å²) in [6.07, 6.45) is 0.782. The molecule has 1 unspecified atom stereocenters. The SMILES string of the molecule is Cc1ccc(C2CN(C(C)(C)CCN)C(=O)N2)o1. The second-order valence-corrected chi connectivity index (χ2v) is 5.41. The van der Waals surface area contributed by atoms with E-state index in [1.807, 2.05) is 37.8 Å². The lowest BCUT2D eigenvalue weighted by Crippen LogP contribution is -2.46. The highest BCUT2D eigenvalue weighted by Crippen LogP contribution is 2.28. The number of carbonyl (C=O) groups is 1. The molecule has 1 aliphatic rings. The Morgan fingerprint density at radius 3 is 2.83 bits per heavy atom. The van der Waals surface area contributed by atoms with Gasteiger partial charge in [-0.2, -0.15) is 0 Å². The van der Waals surface area contributed by atoms with E-state index in [1.54, 1.807) is 0 Å². The van der Waals surface area contributed by atoms with Gasteiger partial charge in [-0.1, -0.05) is 0 Å². The molecule has 1 fully saturated rings. The molecular weight excluding hydrogens is 230 g/mol. The third-order valence-corrected chi connectivity index (χ3v) is 3.50. The fourth-order valence-electron chi connectivity index (χ4n) is 2.35. The van der Waals surface area contributed by atoms with Gasteiger partial charge in [0.2, 0.25) is 0 Å². The van der Waals surface area contributed by atoms with Crippen LogP contribution in [0.15, 0.2) is 16.5 Å². The maximum atomic E-state index is 12.0. The Hall–Kier alpha value is -1.49. The maximum absolute atomic E-state index is 12.0. The van der Waals surface area contributed by atoms with Crippen LogP contribution in [0.4, 0.5) is 4.79 Å². The molecule has 5 heteroatoms. The van der Waals surface area contributed by atoms with Crippen molar-refractivity contribution >= 4 is 6.03 Å². The van der Waals surface area contributed by atoms with Gasteiger partial charge in [0.1, 0.15) is 17.6 Å². The summed E-state index contributed by atoms with van der Waals surface area (Å²) < 4.78 is 5.57. The van der Waals surface area contributed by atoms with Crippen molar-refractivity contribution in [2.45, 2.75) is 38.8 Å². The van der Waals surface area contributed by atoms with E-state index < -0.39 is 0 Å². The van der Waals surface area contributed by atoms with Crippen molar-refractivity contribution < 1.29 is 9.21 Å². The van der Waals surface area contributed by atoms with E-state index in [9.17, 15) is 4.79 Å². The molecule has 2 heterocycles. The van der Waals surface area contributed by atoms with Crippen LogP contribution in [0.1, 0.15) is 37.8 Å². The van der Waals surface area contributed by atoms with Gasteiger partial charge in [0, 0.05) is 5.54 Å². The number of nitrogens with two attached hydrogens (primary N) is 1. The summed E-state index contributed by atoms with van der Waals surface area (Å²) >= 11 is 0. The Labute approximate surface area is 107 Å². The minimum atomic E-state index is -0.227. The number of rotatable bonds is 4. The fraction of sp³-hybridized carbons (Fsp3) is 0.615. The number of urea groups is 1. The maximum Gasteiger partial charge on any atom is 0.318 e. The fourth-order valence-corrected chi connectivity index (χ4v) is 2.35. The van der Waals surface area contributed by atoms with E-state index >= 15 is 0 Å². The third kappa shape index (κ3) is 2.36. The Bertz CT molecular complexity index is 439. The van der Waals surface area contributed by atoms with Crippen molar-refractivity contribution in [3.63, 3.8) is 0 Å². The van der Waals surface area contributed by atoms with Crippen LogP contribution in [0, 0.1) is 6.92 Å². The lowest BCUT2D eigenvalue weighted by molar-refractivity contribution is 0.152. The van der Waals surface area contributed by atoms with Crippen molar-refractivity contribution in [1.82, 2.24) is 10.2 Å². The Balaban J connectivity index is 2.12. The van der Waals surface area contributed by atoms with Crippen LogP contribution >= 0.6 is 0 Å². The molecule has 1 aromatic rings. The summed E-state index contributed by atoms with van der Waals surface area (Å²) in [7, 11) is 0. The van der Waals surface area contributed by atoms with Crippen LogP contribution in [-0.2, 0) is 0 Å². The van der Waals surface area contributed by atoms with Crippen LogP contribution in [0.2, 0.25) is 0 Å². The minimum Gasteiger partial charge on any atom is -0.464 e. The first-order chi connectivity index (χ1) is 8.44. The number of amides is 2. The molecular formula is C13H21N3O2. The lowest BCUT2D eigenvalue weighted by Gasteiger charge is -2.34. The quantitative estimate of drug-likeness (QED) is 0.856. The molecule has 0 aromatic carbocycles. The highest BCUT2D eigenvalue weighted by atomic mass is 16.3. The Morgan fingerprint density at radius 1 is 1.56 bits per heavy atom. The number of nitrogens with one attached hydrogen (secondary N) is 1. The van der Waals surface area contributed by atoms with E-state index in [1.165, 1.54) is 0 Å². The van der Waals surface area contributed by atoms with Gasteiger partial charge in [-0.25, -0.2) is 4.79 Å². The number of hydrogen-bond donors (Lipinski definition) is 2. The topological polar surface area (TPSA) is 71.5 Å². The van der Waals surface area contributed by atoms with Crippen molar-refractivity contribution in [3.8, 4) is 0 Å². The van der Waals surface area contributed by atoms with E-state index in [2.05, 4.69) is 5.32 Å². The molecule has 1 saturated heterocycles. The highest BCUT2D eigenvalue weighted by molar-refractivity contribution is 5.78. The molecule has 3 N–H and O–H groups in total. The molecule has 100 valence electrons. The van der Waals surface area contributed by atoms with Gasteiger partial charge in [-0.05, 0) is 45.9 Å². The molecule has 2 amide bonds. The van der Waals surface area contributed by atoms with Gasteiger partial charge in [-0.15, -0.1) is 0 Å².